The maximum atomic E-state index is 5.93. The van der Waals surface area contributed by atoms with Crippen LogP contribution in [0.1, 0.15) is 30.9 Å². The van der Waals surface area contributed by atoms with Gasteiger partial charge in [-0.1, -0.05) is 6.92 Å². The Morgan fingerprint density at radius 3 is 2.89 bits per heavy atom. The Labute approximate surface area is 110 Å². The summed E-state index contributed by atoms with van der Waals surface area (Å²) >= 11 is 5.83. The van der Waals surface area contributed by atoms with Crippen LogP contribution < -0.4 is 11.1 Å². The Balaban J connectivity index is 2.28. The van der Waals surface area contributed by atoms with Crippen molar-refractivity contribution in [2.45, 2.75) is 26.3 Å². The van der Waals surface area contributed by atoms with E-state index in [2.05, 4.69) is 25.3 Å². The van der Waals surface area contributed by atoms with Crippen molar-refractivity contribution in [1.82, 2.24) is 19.9 Å². The number of hydrogen-bond donors (Lipinski definition) is 3. The highest BCUT2D eigenvalue weighted by Gasteiger charge is 2.15. The highest BCUT2D eigenvalue weighted by molar-refractivity contribution is 6.28. The number of hydrogen-bond acceptors (Lipinski definition) is 5. The van der Waals surface area contributed by atoms with Crippen molar-refractivity contribution < 1.29 is 0 Å². The third-order valence-electron chi connectivity index (χ3n) is 2.68. The van der Waals surface area contributed by atoms with Crippen LogP contribution >= 0.6 is 11.6 Å². The zero-order chi connectivity index (χ0) is 13.1. The van der Waals surface area contributed by atoms with Gasteiger partial charge in [-0.25, -0.2) is 9.97 Å². The first-order valence-corrected chi connectivity index (χ1v) is 6.05. The predicted octanol–water partition coefficient (Wildman–Crippen LogP) is 2.31. The molecule has 2 aromatic heterocycles. The molecule has 0 amide bonds. The van der Waals surface area contributed by atoms with Crippen LogP contribution in [0.15, 0.2) is 12.4 Å². The van der Waals surface area contributed by atoms with Crippen molar-refractivity contribution >= 4 is 23.1 Å². The van der Waals surface area contributed by atoms with Gasteiger partial charge in [0.25, 0.3) is 0 Å². The Hall–Kier alpha value is -1.82. The number of rotatable bonds is 4. The fourth-order valence-electron chi connectivity index (χ4n) is 1.65. The topological polar surface area (TPSA) is 92.5 Å². The van der Waals surface area contributed by atoms with Crippen molar-refractivity contribution in [3.05, 3.63) is 29.2 Å². The molecule has 0 saturated carbocycles. The van der Waals surface area contributed by atoms with Crippen LogP contribution in [0.4, 0.5) is 11.5 Å². The second kappa shape index (κ2) is 5.22. The second-order valence-corrected chi connectivity index (χ2v) is 4.26. The molecule has 0 fully saturated rings. The SMILES string of the molecule is CCC(Nc1nc(Cl)nc(C)c1N)c1ncc[nH]1. The van der Waals surface area contributed by atoms with Gasteiger partial charge < -0.3 is 16.0 Å². The lowest BCUT2D eigenvalue weighted by Gasteiger charge is -2.17. The molecule has 96 valence electrons. The molecule has 0 radical (unpaired) electrons. The van der Waals surface area contributed by atoms with Crippen LogP contribution in [0.25, 0.3) is 0 Å². The minimum atomic E-state index is 0.00710. The molecule has 0 aliphatic rings. The Morgan fingerprint density at radius 1 is 1.50 bits per heavy atom. The van der Waals surface area contributed by atoms with Gasteiger partial charge in [-0.2, -0.15) is 4.98 Å². The first-order valence-electron chi connectivity index (χ1n) is 5.67. The van der Waals surface area contributed by atoms with Crippen molar-refractivity contribution in [3.63, 3.8) is 0 Å². The van der Waals surface area contributed by atoms with Crippen LogP contribution in [-0.4, -0.2) is 19.9 Å². The number of aromatic nitrogens is 4. The quantitative estimate of drug-likeness (QED) is 0.739. The first kappa shape index (κ1) is 12.6. The van der Waals surface area contributed by atoms with E-state index >= 15 is 0 Å². The zero-order valence-corrected chi connectivity index (χ0v) is 11.0. The summed E-state index contributed by atoms with van der Waals surface area (Å²) in [4.78, 5) is 15.4. The molecule has 2 heterocycles. The number of anilines is 2. The minimum absolute atomic E-state index is 0.00710. The number of nitrogen functional groups attached to an aromatic ring is 1. The molecule has 1 atom stereocenters. The van der Waals surface area contributed by atoms with E-state index in [1.807, 2.05) is 6.92 Å². The van der Waals surface area contributed by atoms with Gasteiger partial charge in [0.2, 0.25) is 5.28 Å². The third-order valence-corrected chi connectivity index (χ3v) is 2.85. The van der Waals surface area contributed by atoms with Gasteiger partial charge in [0, 0.05) is 12.4 Å². The smallest absolute Gasteiger partial charge is 0.224 e. The monoisotopic (exact) mass is 266 g/mol. The van der Waals surface area contributed by atoms with Gasteiger partial charge >= 0.3 is 0 Å². The maximum Gasteiger partial charge on any atom is 0.224 e. The standard InChI is InChI=1S/C11H15ClN6/c1-3-7(9-14-4-5-15-9)17-10-8(13)6(2)16-11(12)18-10/h4-5,7H,3,13H2,1-2H3,(H,14,15)(H,16,17,18). The molecular weight excluding hydrogens is 252 g/mol. The van der Waals surface area contributed by atoms with Gasteiger partial charge in [0.05, 0.1) is 17.4 Å². The molecule has 0 aliphatic heterocycles. The summed E-state index contributed by atoms with van der Waals surface area (Å²) < 4.78 is 0. The molecule has 1 unspecified atom stereocenters. The first-order chi connectivity index (χ1) is 8.61. The number of H-pyrrole nitrogens is 1. The number of aryl methyl sites for hydroxylation is 1. The average molecular weight is 267 g/mol. The maximum absolute atomic E-state index is 5.93. The lowest BCUT2D eigenvalue weighted by atomic mass is 10.2. The molecule has 6 nitrogen and oxygen atoms in total. The van der Waals surface area contributed by atoms with E-state index in [4.69, 9.17) is 17.3 Å². The average Bonchev–Trinajstić information content (AvgIpc) is 2.85. The van der Waals surface area contributed by atoms with Gasteiger partial charge in [-0.05, 0) is 24.9 Å². The number of aromatic amines is 1. The summed E-state index contributed by atoms with van der Waals surface area (Å²) in [6, 6.07) is 0.00710. The zero-order valence-electron chi connectivity index (χ0n) is 10.2. The number of halogens is 1. The van der Waals surface area contributed by atoms with Crippen molar-refractivity contribution in [2.24, 2.45) is 0 Å². The van der Waals surface area contributed by atoms with Gasteiger partial charge in [0.1, 0.15) is 5.82 Å². The minimum Gasteiger partial charge on any atom is -0.394 e. The van der Waals surface area contributed by atoms with E-state index in [-0.39, 0.29) is 11.3 Å². The van der Waals surface area contributed by atoms with Crippen molar-refractivity contribution in [1.29, 1.82) is 0 Å². The number of nitrogens with two attached hydrogens (primary N) is 1. The molecule has 0 aliphatic carbocycles. The molecule has 2 rings (SSSR count). The fraction of sp³-hybridized carbons (Fsp3) is 0.364. The fourth-order valence-corrected chi connectivity index (χ4v) is 1.87. The van der Waals surface area contributed by atoms with Crippen LogP contribution in [0.3, 0.4) is 0 Å². The molecule has 0 bridgehead atoms. The van der Waals surface area contributed by atoms with Gasteiger partial charge in [0.15, 0.2) is 5.82 Å². The summed E-state index contributed by atoms with van der Waals surface area (Å²) in [5.41, 5.74) is 7.09. The predicted molar refractivity (Wildman–Crippen MR) is 71.4 cm³/mol. The number of nitrogens with one attached hydrogen (secondary N) is 2. The summed E-state index contributed by atoms with van der Waals surface area (Å²) in [6.07, 6.45) is 4.33. The van der Waals surface area contributed by atoms with Gasteiger partial charge in [-0.3, -0.25) is 0 Å². The van der Waals surface area contributed by atoms with Crippen LogP contribution in [0.5, 0.6) is 0 Å². The highest BCUT2D eigenvalue weighted by Crippen LogP contribution is 2.25. The van der Waals surface area contributed by atoms with Crippen LogP contribution in [0.2, 0.25) is 5.28 Å². The van der Waals surface area contributed by atoms with E-state index in [1.54, 1.807) is 19.3 Å². The second-order valence-electron chi connectivity index (χ2n) is 3.92. The lowest BCUT2D eigenvalue weighted by molar-refractivity contribution is 0.700. The Morgan fingerprint density at radius 2 is 2.28 bits per heavy atom. The number of nitrogens with zero attached hydrogens (tertiary/aromatic N) is 3. The highest BCUT2D eigenvalue weighted by atomic mass is 35.5. The van der Waals surface area contributed by atoms with Crippen molar-refractivity contribution in [2.75, 3.05) is 11.1 Å². The van der Waals surface area contributed by atoms with Crippen LogP contribution in [-0.2, 0) is 0 Å². The lowest BCUT2D eigenvalue weighted by Crippen LogP contribution is -2.15. The van der Waals surface area contributed by atoms with E-state index in [1.165, 1.54) is 0 Å². The normalized spacial score (nSPS) is 12.4. The number of imidazole rings is 1. The van der Waals surface area contributed by atoms with E-state index in [0.29, 0.717) is 17.2 Å². The third kappa shape index (κ3) is 2.53. The largest absolute Gasteiger partial charge is 0.394 e. The molecule has 0 spiro atoms. The van der Waals surface area contributed by atoms with E-state index in [0.717, 1.165) is 12.2 Å². The van der Waals surface area contributed by atoms with Crippen molar-refractivity contribution in [3.8, 4) is 0 Å². The Kier molecular flexibility index (Phi) is 3.66. The molecular formula is C11H15ClN6. The van der Waals surface area contributed by atoms with E-state index < -0.39 is 0 Å². The molecule has 7 heteroatoms. The van der Waals surface area contributed by atoms with E-state index in [9.17, 15) is 0 Å². The summed E-state index contributed by atoms with van der Waals surface area (Å²) in [6.45, 7) is 3.84. The Bertz CT molecular complexity index is 525. The molecule has 2 aromatic rings. The summed E-state index contributed by atoms with van der Waals surface area (Å²) in [5.74, 6) is 1.38. The summed E-state index contributed by atoms with van der Waals surface area (Å²) in [5, 5.41) is 3.41. The molecule has 4 N–H and O–H groups in total. The molecule has 0 saturated heterocycles. The summed E-state index contributed by atoms with van der Waals surface area (Å²) in [7, 11) is 0. The van der Waals surface area contributed by atoms with Gasteiger partial charge in [-0.15, -0.1) is 0 Å². The molecule has 18 heavy (non-hydrogen) atoms. The molecule has 0 aromatic carbocycles. The van der Waals surface area contributed by atoms with Crippen LogP contribution in [0, 0.1) is 6.92 Å².